The minimum atomic E-state index is -0.0456. The summed E-state index contributed by atoms with van der Waals surface area (Å²) >= 11 is 0. The highest BCUT2D eigenvalue weighted by Gasteiger charge is 2.30. The topological polar surface area (TPSA) is 38.5 Å². The first-order valence-corrected chi connectivity index (χ1v) is 6.34. The van der Waals surface area contributed by atoms with Gasteiger partial charge in [0.15, 0.2) is 0 Å². The molecule has 0 aromatic carbocycles. The Morgan fingerprint density at radius 2 is 1.69 bits per heavy atom. The van der Waals surface area contributed by atoms with Crippen LogP contribution in [0.1, 0.15) is 47.0 Å². The fourth-order valence-corrected chi connectivity index (χ4v) is 2.01. The van der Waals surface area contributed by atoms with Crippen molar-refractivity contribution in [1.29, 1.82) is 0 Å². The summed E-state index contributed by atoms with van der Waals surface area (Å²) in [5.41, 5.74) is 6.04. The molecule has 0 saturated carbocycles. The van der Waals surface area contributed by atoms with E-state index in [4.69, 9.17) is 10.5 Å². The third kappa shape index (κ3) is 4.04. The van der Waals surface area contributed by atoms with Crippen molar-refractivity contribution < 1.29 is 4.74 Å². The normalized spacial score (nSPS) is 13.5. The second kappa shape index (κ2) is 6.58. The Hall–Kier alpha value is -0.120. The second-order valence-corrected chi connectivity index (χ2v) is 5.27. The molecule has 0 amide bonds. The van der Waals surface area contributed by atoms with E-state index in [0.717, 1.165) is 32.4 Å². The van der Waals surface area contributed by atoms with E-state index in [0.29, 0.717) is 0 Å². The highest BCUT2D eigenvalue weighted by molar-refractivity contribution is 4.88. The molecule has 0 bridgehead atoms. The standard InChI is InChI=1S/C13H30N2O/c1-7-13(8-2,11-14)15(5)10-9-12(3,4)16-6/h7-11,14H2,1-6H3. The molecule has 98 valence electrons. The molecule has 0 aliphatic heterocycles. The average molecular weight is 230 g/mol. The van der Waals surface area contributed by atoms with Crippen LogP contribution in [0.5, 0.6) is 0 Å². The third-order valence-electron chi connectivity index (χ3n) is 4.11. The van der Waals surface area contributed by atoms with Gasteiger partial charge < -0.3 is 10.5 Å². The van der Waals surface area contributed by atoms with Crippen molar-refractivity contribution in [2.75, 3.05) is 27.2 Å². The molecule has 0 heterocycles. The Morgan fingerprint density at radius 3 is 2.00 bits per heavy atom. The van der Waals surface area contributed by atoms with Crippen LogP contribution in [-0.4, -0.2) is 43.3 Å². The lowest BCUT2D eigenvalue weighted by Gasteiger charge is -2.41. The smallest absolute Gasteiger partial charge is 0.0634 e. The summed E-state index contributed by atoms with van der Waals surface area (Å²) in [6.07, 6.45) is 3.23. The van der Waals surface area contributed by atoms with Crippen molar-refractivity contribution in [1.82, 2.24) is 4.90 Å². The fourth-order valence-electron chi connectivity index (χ4n) is 2.01. The Balaban J connectivity index is 4.37. The zero-order valence-corrected chi connectivity index (χ0v) is 12.0. The molecule has 16 heavy (non-hydrogen) atoms. The van der Waals surface area contributed by atoms with Gasteiger partial charge in [-0.15, -0.1) is 0 Å². The van der Waals surface area contributed by atoms with E-state index in [-0.39, 0.29) is 11.1 Å². The Labute approximate surface area is 101 Å². The molecule has 0 aromatic rings. The van der Waals surface area contributed by atoms with Gasteiger partial charge in [-0.2, -0.15) is 0 Å². The summed E-state index contributed by atoms with van der Waals surface area (Å²) in [6, 6.07) is 0. The molecule has 0 radical (unpaired) electrons. The number of likely N-dealkylation sites (N-methyl/N-ethyl adjacent to an activating group) is 1. The van der Waals surface area contributed by atoms with Gasteiger partial charge >= 0.3 is 0 Å². The molecule has 0 aliphatic rings. The van der Waals surface area contributed by atoms with Crippen LogP contribution in [0.15, 0.2) is 0 Å². The summed E-state index contributed by atoms with van der Waals surface area (Å²) in [5.74, 6) is 0. The Kier molecular flexibility index (Phi) is 6.53. The van der Waals surface area contributed by atoms with Crippen LogP contribution in [0.2, 0.25) is 0 Å². The molecular weight excluding hydrogens is 200 g/mol. The van der Waals surface area contributed by atoms with Gasteiger partial charge in [0.05, 0.1) is 5.60 Å². The second-order valence-electron chi connectivity index (χ2n) is 5.27. The van der Waals surface area contributed by atoms with Gasteiger partial charge in [0.25, 0.3) is 0 Å². The number of methoxy groups -OCH3 is 1. The number of rotatable bonds is 8. The molecule has 0 fully saturated rings. The quantitative estimate of drug-likeness (QED) is 0.695. The van der Waals surface area contributed by atoms with Crippen LogP contribution in [0.4, 0.5) is 0 Å². The summed E-state index contributed by atoms with van der Waals surface area (Å²) in [6.45, 7) is 10.4. The van der Waals surface area contributed by atoms with Gasteiger partial charge in [-0.05, 0) is 40.2 Å². The summed E-state index contributed by atoms with van der Waals surface area (Å²) in [7, 11) is 3.95. The minimum Gasteiger partial charge on any atom is -0.379 e. The summed E-state index contributed by atoms with van der Waals surface area (Å²) < 4.78 is 5.44. The van der Waals surface area contributed by atoms with Gasteiger partial charge in [-0.1, -0.05) is 13.8 Å². The van der Waals surface area contributed by atoms with Gasteiger partial charge in [-0.25, -0.2) is 0 Å². The van der Waals surface area contributed by atoms with E-state index in [1.165, 1.54) is 0 Å². The summed E-state index contributed by atoms with van der Waals surface area (Å²) in [4.78, 5) is 2.40. The molecule has 2 N–H and O–H groups in total. The maximum Gasteiger partial charge on any atom is 0.0634 e. The maximum atomic E-state index is 5.93. The molecule has 0 atom stereocenters. The van der Waals surface area contributed by atoms with Crippen LogP contribution in [0.3, 0.4) is 0 Å². The van der Waals surface area contributed by atoms with Crippen LogP contribution in [0.25, 0.3) is 0 Å². The highest BCUT2D eigenvalue weighted by atomic mass is 16.5. The highest BCUT2D eigenvalue weighted by Crippen LogP contribution is 2.23. The van der Waals surface area contributed by atoms with E-state index >= 15 is 0 Å². The fraction of sp³-hybridized carbons (Fsp3) is 1.00. The van der Waals surface area contributed by atoms with E-state index < -0.39 is 0 Å². The van der Waals surface area contributed by atoms with Crippen molar-refractivity contribution in [3.63, 3.8) is 0 Å². The van der Waals surface area contributed by atoms with Crippen molar-refractivity contribution in [2.24, 2.45) is 5.73 Å². The lowest BCUT2D eigenvalue weighted by atomic mass is 9.90. The monoisotopic (exact) mass is 230 g/mol. The largest absolute Gasteiger partial charge is 0.379 e. The number of hydrogen-bond donors (Lipinski definition) is 1. The molecular formula is C13H30N2O. The van der Waals surface area contributed by atoms with Gasteiger partial charge in [0.1, 0.15) is 0 Å². The van der Waals surface area contributed by atoms with Gasteiger partial charge in [0, 0.05) is 25.7 Å². The zero-order chi connectivity index (χ0) is 12.8. The van der Waals surface area contributed by atoms with E-state index in [1.54, 1.807) is 7.11 Å². The first-order chi connectivity index (χ1) is 7.37. The zero-order valence-electron chi connectivity index (χ0n) is 12.0. The minimum absolute atomic E-state index is 0.0456. The number of nitrogens with two attached hydrogens (primary N) is 1. The first kappa shape index (κ1) is 15.9. The van der Waals surface area contributed by atoms with E-state index in [9.17, 15) is 0 Å². The molecule has 3 nitrogen and oxygen atoms in total. The molecule has 0 saturated heterocycles. The predicted octanol–water partition coefficient (Wildman–Crippen LogP) is 2.25. The first-order valence-electron chi connectivity index (χ1n) is 6.34. The molecule has 0 aliphatic carbocycles. The van der Waals surface area contributed by atoms with Crippen LogP contribution in [-0.2, 0) is 4.74 Å². The van der Waals surface area contributed by atoms with Crippen LogP contribution < -0.4 is 5.73 Å². The van der Waals surface area contributed by atoms with Crippen molar-refractivity contribution in [3.8, 4) is 0 Å². The Morgan fingerprint density at radius 1 is 1.19 bits per heavy atom. The number of nitrogens with zero attached hydrogens (tertiary/aromatic N) is 1. The third-order valence-corrected chi connectivity index (χ3v) is 4.11. The van der Waals surface area contributed by atoms with Crippen LogP contribution >= 0.6 is 0 Å². The van der Waals surface area contributed by atoms with Gasteiger partial charge in [0.2, 0.25) is 0 Å². The maximum absolute atomic E-state index is 5.93. The van der Waals surface area contributed by atoms with Crippen molar-refractivity contribution in [3.05, 3.63) is 0 Å². The van der Waals surface area contributed by atoms with E-state index in [1.807, 2.05) is 0 Å². The molecule has 0 rings (SSSR count). The number of ether oxygens (including phenoxy) is 1. The predicted molar refractivity (Wildman–Crippen MR) is 70.7 cm³/mol. The molecule has 0 spiro atoms. The van der Waals surface area contributed by atoms with Gasteiger partial charge in [-0.3, -0.25) is 4.90 Å². The summed E-state index contributed by atoms with van der Waals surface area (Å²) in [5, 5.41) is 0. The lowest BCUT2D eigenvalue weighted by molar-refractivity contribution is -0.00189. The average Bonchev–Trinajstić information content (AvgIpc) is 2.29. The molecule has 0 unspecified atom stereocenters. The van der Waals surface area contributed by atoms with Crippen molar-refractivity contribution in [2.45, 2.75) is 58.1 Å². The SMILES string of the molecule is CCC(CC)(CN)N(C)CCC(C)(C)OC. The Bertz CT molecular complexity index is 180. The van der Waals surface area contributed by atoms with Crippen molar-refractivity contribution >= 4 is 0 Å². The lowest BCUT2D eigenvalue weighted by Crippen LogP contribution is -2.52. The van der Waals surface area contributed by atoms with Crippen LogP contribution in [0, 0.1) is 0 Å². The van der Waals surface area contributed by atoms with E-state index in [2.05, 4.69) is 39.6 Å². The molecule has 0 aromatic heterocycles. The number of hydrogen-bond acceptors (Lipinski definition) is 3. The molecule has 3 heteroatoms.